The lowest BCUT2D eigenvalue weighted by Crippen LogP contribution is -2.24. The number of nitrogens with one attached hydrogen (secondary N) is 1. The van der Waals surface area contributed by atoms with Crippen LogP contribution in [-0.4, -0.2) is 26.4 Å². The summed E-state index contributed by atoms with van der Waals surface area (Å²) in [6.07, 6.45) is 3.26. The van der Waals surface area contributed by atoms with Crippen molar-refractivity contribution in [3.8, 4) is 0 Å². The molecule has 0 aliphatic carbocycles. The summed E-state index contributed by atoms with van der Waals surface area (Å²) in [7, 11) is 0. The molecule has 0 radical (unpaired) electrons. The van der Waals surface area contributed by atoms with Crippen LogP contribution in [0.2, 0.25) is 0 Å². The second kappa shape index (κ2) is 6.80. The maximum Gasteiger partial charge on any atom is 0.230 e. The fraction of sp³-hybridized carbons (Fsp3) is 0.250. The van der Waals surface area contributed by atoms with Gasteiger partial charge in [-0.2, -0.15) is 0 Å². The van der Waals surface area contributed by atoms with E-state index in [2.05, 4.69) is 22.1 Å². The number of thioether (sulfide) groups is 1. The quantitative estimate of drug-likeness (QED) is 0.584. The number of aromatic nitrogens is 3. The van der Waals surface area contributed by atoms with Gasteiger partial charge in [-0.25, -0.2) is 0 Å². The number of carbonyl (C=O) groups is 1. The fourth-order valence-corrected chi connectivity index (χ4v) is 2.27. The molecule has 8 heteroatoms. The standard InChI is InChI=1S/C12H15N5O2S/c1-2-5-17-11(13)15-16-12(17)20-8-10(18)14-7-9-4-3-6-19-9/h2-4,6H,1,5,7-8H2,(H2,13,15)(H,14,18). The molecule has 0 bridgehead atoms. The first-order valence-corrected chi connectivity index (χ1v) is 6.90. The van der Waals surface area contributed by atoms with E-state index in [0.717, 1.165) is 0 Å². The Morgan fingerprint density at radius 1 is 1.60 bits per heavy atom. The van der Waals surface area contributed by atoms with E-state index in [1.807, 2.05) is 0 Å². The van der Waals surface area contributed by atoms with E-state index in [0.29, 0.717) is 30.0 Å². The van der Waals surface area contributed by atoms with Gasteiger partial charge < -0.3 is 15.5 Å². The number of carbonyl (C=O) groups excluding carboxylic acids is 1. The molecule has 0 fully saturated rings. The maximum atomic E-state index is 11.7. The normalized spacial score (nSPS) is 10.4. The van der Waals surface area contributed by atoms with Crippen LogP contribution in [0.15, 0.2) is 40.6 Å². The number of nitrogens with zero attached hydrogens (tertiary/aromatic N) is 3. The molecule has 2 rings (SSSR count). The molecule has 0 aromatic carbocycles. The van der Waals surface area contributed by atoms with Crippen LogP contribution in [-0.2, 0) is 17.9 Å². The van der Waals surface area contributed by atoms with Crippen molar-refractivity contribution in [2.24, 2.45) is 0 Å². The largest absolute Gasteiger partial charge is 0.467 e. The zero-order valence-corrected chi connectivity index (χ0v) is 11.6. The average molecular weight is 293 g/mol. The number of furan rings is 1. The van der Waals surface area contributed by atoms with Crippen LogP contribution in [0.3, 0.4) is 0 Å². The molecule has 0 spiro atoms. The highest BCUT2D eigenvalue weighted by molar-refractivity contribution is 7.99. The molecule has 3 N–H and O–H groups in total. The third kappa shape index (κ3) is 3.64. The van der Waals surface area contributed by atoms with E-state index in [1.54, 1.807) is 29.0 Å². The van der Waals surface area contributed by atoms with Crippen LogP contribution in [0.5, 0.6) is 0 Å². The third-order valence-corrected chi connectivity index (χ3v) is 3.40. The predicted octanol–water partition coefficient (Wildman–Crippen LogP) is 1.05. The number of anilines is 1. The van der Waals surface area contributed by atoms with Gasteiger partial charge in [0.2, 0.25) is 11.9 Å². The second-order valence-electron chi connectivity index (χ2n) is 3.88. The number of hydrogen-bond donors (Lipinski definition) is 2. The molecular formula is C12H15N5O2S. The van der Waals surface area contributed by atoms with Crippen molar-refractivity contribution in [2.75, 3.05) is 11.5 Å². The smallest absolute Gasteiger partial charge is 0.230 e. The van der Waals surface area contributed by atoms with Gasteiger partial charge >= 0.3 is 0 Å². The monoisotopic (exact) mass is 293 g/mol. The lowest BCUT2D eigenvalue weighted by Gasteiger charge is -2.05. The highest BCUT2D eigenvalue weighted by Crippen LogP contribution is 2.17. The Hall–Kier alpha value is -2.22. The van der Waals surface area contributed by atoms with Gasteiger partial charge in [0.25, 0.3) is 0 Å². The number of nitrogen functional groups attached to an aromatic ring is 1. The van der Waals surface area contributed by atoms with E-state index < -0.39 is 0 Å². The summed E-state index contributed by atoms with van der Waals surface area (Å²) in [5, 5.41) is 11.0. The summed E-state index contributed by atoms with van der Waals surface area (Å²) >= 11 is 1.27. The lowest BCUT2D eigenvalue weighted by molar-refractivity contribution is -0.118. The minimum absolute atomic E-state index is 0.113. The van der Waals surface area contributed by atoms with E-state index in [1.165, 1.54) is 11.8 Å². The lowest BCUT2D eigenvalue weighted by atomic mass is 10.4. The van der Waals surface area contributed by atoms with Crippen molar-refractivity contribution in [1.29, 1.82) is 0 Å². The van der Waals surface area contributed by atoms with Crippen LogP contribution < -0.4 is 11.1 Å². The molecule has 7 nitrogen and oxygen atoms in total. The summed E-state index contributed by atoms with van der Waals surface area (Å²) < 4.78 is 6.82. The number of rotatable bonds is 7. The Bertz CT molecular complexity index is 579. The van der Waals surface area contributed by atoms with Gasteiger partial charge in [0.15, 0.2) is 5.16 Å². The Morgan fingerprint density at radius 3 is 3.15 bits per heavy atom. The molecule has 2 heterocycles. The summed E-state index contributed by atoms with van der Waals surface area (Å²) in [5.74, 6) is 1.14. The number of nitrogens with two attached hydrogens (primary N) is 1. The van der Waals surface area contributed by atoms with Crippen LogP contribution in [0.25, 0.3) is 0 Å². The minimum atomic E-state index is -0.113. The molecular weight excluding hydrogens is 278 g/mol. The molecule has 0 saturated heterocycles. The SMILES string of the molecule is C=CCn1c(N)nnc1SCC(=O)NCc1ccco1. The molecule has 0 aliphatic heterocycles. The molecule has 1 amide bonds. The first-order chi connectivity index (χ1) is 9.70. The van der Waals surface area contributed by atoms with Crippen LogP contribution >= 0.6 is 11.8 Å². The van der Waals surface area contributed by atoms with Gasteiger partial charge in [-0.05, 0) is 12.1 Å². The van der Waals surface area contributed by atoms with E-state index >= 15 is 0 Å². The number of hydrogen-bond acceptors (Lipinski definition) is 6. The van der Waals surface area contributed by atoms with Gasteiger partial charge in [0.05, 0.1) is 18.6 Å². The van der Waals surface area contributed by atoms with Crippen molar-refractivity contribution in [3.05, 3.63) is 36.8 Å². The minimum Gasteiger partial charge on any atom is -0.467 e. The molecule has 0 saturated carbocycles. The first kappa shape index (κ1) is 14.2. The van der Waals surface area contributed by atoms with Crippen molar-refractivity contribution in [2.45, 2.75) is 18.2 Å². The molecule has 106 valence electrons. The van der Waals surface area contributed by atoms with Gasteiger partial charge in [0, 0.05) is 6.54 Å². The Kier molecular flexibility index (Phi) is 4.83. The van der Waals surface area contributed by atoms with Crippen LogP contribution in [0.1, 0.15) is 5.76 Å². The molecule has 0 unspecified atom stereocenters. The maximum absolute atomic E-state index is 11.7. The summed E-state index contributed by atoms with van der Waals surface area (Å²) in [6.45, 7) is 4.52. The molecule has 2 aromatic rings. The third-order valence-electron chi connectivity index (χ3n) is 2.43. The molecule has 2 aromatic heterocycles. The number of amides is 1. The summed E-state index contributed by atoms with van der Waals surface area (Å²) in [5.41, 5.74) is 5.67. The average Bonchev–Trinajstić information content (AvgIpc) is 3.06. The zero-order valence-electron chi connectivity index (χ0n) is 10.8. The van der Waals surface area contributed by atoms with Crippen LogP contribution in [0.4, 0.5) is 5.95 Å². The highest BCUT2D eigenvalue weighted by atomic mass is 32.2. The fourth-order valence-electron chi connectivity index (χ4n) is 1.49. The molecule has 0 aliphatic rings. The zero-order chi connectivity index (χ0) is 14.4. The second-order valence-corrected chi connectivity index (χ2v) is 4.83. The van der Waals surface area contributed by atoms with E-state index in [-0.39, 0.29) is 11.7 Å². The summed E-state index contributed by atoms with van der Waals surface area (Å²) in [4.78, 5) is 11.7. The first-order valence-electron chi connectivity index (χ1n) is 5.92. The van der Waals surface area contributed by atoms with Crippen molar-refractivity contribution in [3.63, 3.8) is 0 Å². The van der Waals surface area contributed by atoms with E-state index in [9.17, 15) is 4.79 Å². The predicted molar refractivity (Wildman–Crippen MR) is 75.9 cm³/mol. The summed E-state index contributed by atoms with van der Waals surface area (Å²) in [6, 6.07) is 3.58. The van der Waals surface area contributed by atoms with Gasteiger partial charge in [0.1, 0.15) is 5.76 Å². The topological polar surface area (TPSA) is 99.0 Å². The Labute approximate surface area is 120 Å². The van der Waals surface area contributed by atoms with Gasteiger partial charge in [-0.3, -0.25) is 9.36 Å². The van der Waals surface area contributed by atoms with Gasteiger partial charge in [-0.15, -0.1) is 16.8 Å². The Morgan fingerprint density at radius 2 is 2.45 bits per heavy atom. The number of allylic oxidation sites excluding steroid dienone is 1. The van der Waals surface area contributed by atoms with Crippen molar-refractivity contribution in [1.82, 2.24) is 20.1 Å². The molecule has 20 heavy (non-hydrogen) atoms. The van der Waals surface area contributed by atoms with Crippen LogP contribution in [0, 0.1) is 0 Å². The Balaban J connectivity index is 1.82. The van der Waals surface area contributed by atoms with E-state index in [4.69, 9.17) is 10.2 Å². The van der Waals surface area contributed by atoms with Gasteiger partial charge in [-0.1, -0.05) is 17.8 Å². The molecule has 0 atom stereocenters. The van der Waals surface area contributed by atoms with Crippen molar-refractivity contribution < 1.29 is 9.21 Å². The van der Waals surface area contributed by atoms with Crippen molar-refractivity contribution >= 4 is 23.6 Å². The highest BCUT2D eigenvalue weighted by Gasteiger charge is 2.11.